The molecule has 0 amide bonds. The summed E-state index contributed by atoms with van der Waals surface area (Å²) in [6, 6.07) is 2.26. The maximum atomic E-state index is 12.1. The van der Waals surface area contributed by atoms with Gasteiger partial charge in [0.1, 0.15) is 5.76 Å². The molecule has 0 bridgehead atoms. The molecule has 0 atom stereocenters. The minimum atomic E-state index is -4.11. The number of alkyl halides is 3. The molecule has 6 heteroatoms. The molecule has 0 unspecified atom stereocenters. The van der Waals surface area contributed by atoms with Crippen LogP contribution in [0.3, 0.4) is 0 Å². The van der Waals surface area contributed by atoms with Crippen molar-refractivity contribution in [2.45, 2.75) is 45.6 Å². The zero-order valence-corrected chi connectivity index (χ0v) is 11.5. The average Bonchev–Trinajstić information content (AvgIpc) is 2.70. The van der Waals surface area contributed by atoms with Gasteiger partial charge in [0.05, 0.1) is 19.2 Å². The summed E-state index contributed by atoms with van der Waals surface area (Å²) in [5.41, 5.74) is 1.01. The van der Waals surface area contributed by atoms with Gasteiger partial charge in [0, 0.05) is 24.7 Å². The lowest BCUT2D eigenvalue weighted by Gasteiger charge is -2.15. The minimum absolute atomic E-state index is 0.0240. The summed E-state index contributed by atoms with van der Waals surface area (Å²) in [5.74, 6) is 0.685. The molecule has 0 aliphatic carbocycles. The van der Waals surface area contributed by atoms with Crippen molar-refractivity contribution in [3.63, 3.8) is 0 Å². The van der Waals surface area contributed by atoms with E-state index in [0.29, 0.717) is 24.9 Å². The molecule has 0 aliphatic heterocycles. The molecule has 110 valence electrons. The standard InChI is InChI=1S/C13H21F3N2O/c1-10(2)17-7-11-6-12(19-9-11)8-18(3)5-4-13(14,15)16/h6,9-10,17H,4-5,7-8H2,1-3H3. The van der Waals surface area contributed by atoms with Crippen molar-refractivity contribution in [3.8, 4) is 0 Å². The molecular weight excluding hydrogens is 257 g/mol. The molecule has 1 aromatic heterocycles. The largest absolute Gasteiger partial charge is 0.468 e. The summed E-state index contributed by atoms with van der Waals surface area (Å²) in [6.07, 6.45) is -3.27. The number of hydrogen-bond donors (Lipinski definition) is 1. The van der Waals surface area contributed by atoms with Gasteiger partial charge in [0.2, 0.25) is 0 Å². The summed E-state index contributed by atoms with van der Waals surface area (Å²) in [6.45, 7) is 5.16. The predicted molar refractivity (Wildman–Crippen MR) is 67.7 cm³/mol. The zero-order valence-electron chi connectivity index (χ0n) is 11.5. The Hall–Kier alpha value is -1.01. The molecule has 1 heterocycles. The molecule has 1 aromatic rings. The van der Waals surface area contributed by atoms with Crippen LogP contribution in [-0.4, -0.2) is 30.7 Å². The minimum Gasteiger partial charge on any atom is -0.468 e. The second-order valence-electron chi connectivity index (χ2n) is 5.06. The summed E-state index contributed by atoms with van der Waals surface area (Å²) < 4.78 is 41.6. The first kappa shape index (κ1) is 16.0. The van der Waals surface area contributed by atoms with Gasteiger partial charge >= 0.3 is 6.18 Å². The summed E-state index contributed by atoms with van der Waals surface area (Å²) in [7, 11) is 1.65. The van der Waals surface area contributed by atoms with Crippen LogP contribution >= 0.6 is 0 Å². The number of rotatable bonds is 7. The van der Waals surface area contributed by atoms with Crippen LogP contribution in [0.15, 0.2) is 16.7 Å². The lowest BCUT2D eigenvalue weighted by molar-refractivity contribution is -0.137. The van der Waals surface area contributed by atoms with Gasteiger partial charge in [0.15, 0.2) is 0 Å². The highest BCUT2D eigenvalue weighted by atomic mass is 19.4. The van der Waals surface area contributed by atoms with Gasteiger partial charge in [-0.3, -0.25) is 4.90 Å². The molecule has 0 aliphatic rings. The Bertz CT molecular complexity index is 374. The molecule has 1 N–H and O–H groups in total. The van der Waals surface area contributed by atoms with Crippen molar-refractivity contribution < 1.29 is 17.6 Å². The highest BCUT2D eigenvalue weighted by Gasteiger charge is 2.27. The number of nitrogens with zero attached hydrogens (tertiary/aromatic N) is 1. The van der Waals surface area contributed by atoms with E-state index in [1.54, 1.807) is 18.2 Å². The van der Waals surface area contributed by atoms with E-state index in [1.165, 1.54) is 0 Å². The Morgan fingerprint density at radius 2 is 2.05 bits per heavy atom. The Kier molecular flexibility index (Phi) is 5.87. The highest BCUT2D eigenvalue weighted by molar-refractivity contribution is 5.12. The highest BCUT2D eigenvalue weighted by Crippen LogP contribution is 2.20. The van der Waals surface area contributed by atoms with Crippen LogP contribution in [0.5, 0.6) is 0 Å². The Morgan fingerprint density at radius 3 is 2.63 bits per heavy atom. The zero-order chi connectivity index (χ0) is 14.5. The fourth-order valence-corrected chi connectivity index (χ4v) is 1.59. The van der Waals surface area contributed by atoms with E-state index in [0.717, 1.165) is 5.56 Å². The maximum absolute atomic E-state index is 12.1. The smallest absolute Gasteiger partial charge is 0.390 e. The van der Waals surface area contributed by atoms with Crippen molar-refractivity contribution in [1.82, 2.24) is 10.2 Å². The molecule has 19 heavy (non-hydrogen) atoms. The van der Waals surface area contributed by atoms with Crippen molar-refractivity contribution in [2.24, 2.45) is 0 Å². The van der Waals surface area contributed by atoms with Crippen molar-refractivity contribution in [1.29, 1.82) is 0 Å². The number of hydrogen-bond acceptors (Lipinski definition) is 3. The third-order valence-corrected chi connectivity index (χ3v) is 2.63. The number of furan rings is 1. The number of halogens is 3. The first-order chi connectivity index (χ1) is 8.76. The van der Waals surface area contributed by atoms with E-state index < -0.39 is 12.6 Å². The van der Waals surface area contributed by atoms with Gasteiger partial charge in [0.25, 0.3) is 0 Å². The van der Waals surface area contributed by atoms with Crippen LogP contribution in [0.1, 0.15) is 31.6 Å². The van der Waals surface area contributed by atoms with Crippen LogP contribution in [0, 0.1) is 0 Å². The first-order valence-corrected chi connectivity index (χ1v) is 6.31. The normalized spacial score (nSPS) is 12.6. The second-order valence-corrected chi connectivity index (χ2v) is 5.06. The van der Waals surface area contributed by atoms with Crippen LogP contribution in [0.2, 0.25) is 0 Å². The lowest BCUT2D eigenvalue weighted by atomic mass is 10.2. The van der Waals surface area contributed by atoms with Gasteiger partial charge in [-0.25, -0.2) is 0 Å². The van der Waals surface area contributed by atoms with Crippen LogP contribution in [-0.2, 0) is 13.1 Å². The summed E-state index contributed by atoms with van der Waals surface area (Å²) >= 11 is 0. The maximum Gasteiger partial charge on any atom is 0.390 e. The Balaban J connectivity index is 2.36. The van der Waals surface area contributed by atoms with Crippen LogP contribution < -0.4 is 5.32 Å². The fraction of sp³-hybridized carbons (Fsp3) is 0.692. The molecule has 3 nitrogen and oxygen atoms in total. The quantitative estimate of drug-likeness (QED) is 0.830. The van der Waals surface area contributed by atoms with Crippen molar-refractivity contribution in [2.75, 3.05) is 13.6 Å². The van der Waals surface area contributed by atoms with E-state index in [9.17, 15) is 13.2 Å². The van der Waals surface area contributed by atoms with E-state index in [-0.39, 0.29) is 6.54 Å². The molecule has 0 spiro atoms. The summed E-state index contributed by atoms with van der Waals surface area (Å²) in [4.78, 5) is 1.60. The molecule has 0 saturated carbocycles. The lowest BCUT2D eigenvalue weighted by Crippen LogP contribution is -2.24. The Morgan fingerprint density at radius 1 is 1.37 bits per heavy atom. The Labute approximate surface area is 111 Å². The fourth-order valence-electron chi connectivity index (χ4n) is 1.59. The van der Waals surface area contributed by atoms with E-state index in [1.807, 2.05) is 19.9 Å². The van der Waals surface area contributed by atoms with Gasteiger partial charge in [-0.15, -0.1) is 0 Å². The van der Waals surface area contributed by atoms with Crippen LogP contribution in [0.4, 0.5) is 13.2 Å². The third-order valence-electron chi connectivity index (χ3n) is 2.63. The third kappa shape index (κ3) is 7.22. The molecule has 0 aromatic carbocycles. The monoisotopic (exact) mass is 278 g/mol. The molecule has 1 rings (SSSR count). The molecular formula is C13H21F3N2O. The SMILES string of the molecule is CC(C)NCc1coc(CN(C)CCC(F)(F)F)c1. The number of nitrogens with one attached hydrogen (secondary N) is 1. The predicted octanol–water partition coefficient (Wildman–Crippen LogP) is 3.16. The molecule has 0 radical (unpaired) electrons. The summed E-state index contributed by atoms with van der Waals surface area (Å²) in [5, 5.41) is 3.25. The van der Waals surface area contributed by atoms with E-state index in [2.05, 4.69) is 5.32 Å². The van der Waals surface area contributed by atoms with Gasteiger partial charge in [-0.1, -0.05) is 13.8 Å². The van der Waals surface area contributed by atoms with E-state index >= 15 is 0 Å². The van der Waals surface area contributed by atoms with Crippen molar-refractivity contribution in [3.05, 3.63) is 23.7 Å². The van der Waals surface area contributed by atoms with E-state index in [4.69, 9.17) is 4.42 Å². The van der Waals surface area contributed by atoms with Gasteiger partial charge in [-0.05, 0) is 13.1 Å². The molecule has 0 fully saturated rings. The van der Waals surface area contributed by atoms with Gasteiger partial charge in [-0.2, -0.15) is 13.2 Å². The molecule has 0 saturated heterocycles. The van der Waals surface area contributed by atoms with Crippen molar-refractivity contribution >= 4 is 0 Å². The topological polar surface area (TPSA) is 28.4 Å². The van der Waals surface area contributed by atoms with Gasteiger partial charge < -0.3 is 9.73 Å². The first-order valence-electron chi connectivity index (χ1n) is 6.31. The second kappa shape index (κ2) is 6.96. The average molecular weight is 278 g/mol. The van der Waals surface area contributed by atoms with Crippen LogP contribution in [0.25, 0.3) is 0 Å².